The lowest BCUT2D eigenvalue weighted by Crippen LogP contribution is -2.45. The van der Waals surface area contributed by atoms with Gasteiger partial charge in [-0.25, -0.2) is 0 Å². The maximum absolute atomic E-state index is 12.5. The summed E-state index contributed by atoms with van der Waals surface area (Å²) in [5.41, 5.74) is 1.23. The summed E-state index contributed by atoms with van der Waals surface area (Å²) in [5.74, 6) is 0.380. The summed E-state index contributed by atoms with van der Waals surface area (Å²) < 4.78 is 29.2. The highest BCUT2D eigenvalue weighted by molar-refractivity contribution is 7.90. The van der Waals surface area contributed by atoms with E-state index in [9.17, 15) is 8.42 Å². The van der Waals surface area contributed by atoms with Crippen LogP contribution in [0.5, 0.6) is 0 Å². The van der Waals surface area contributed by atoms with E-state index in [2.05, 4.69) is 21.9 Å². The number of hydrogen-bond acceptors (Lipinski definition) is 4. The van der Waals surface area contributed by atoms with Gasteiger partial charge in [-0.2, -0.15) is 12.7 Å². The Morgan fingerprint density at radius 3 is 3.00 bits per heavy atom. The van der Waals surface area contributed by atoms with Gasteiger partial charge < -0.3 is 5.32 Å². The molecule has 1 aliphatic rings. The maximum Gasteiger partial charge on any atom is 0.301 e. The van der Waals surface area contributed by atoms with Gasteiger partial charge >= 0.3 is 10.2 Å². The third-order valence-corrected chi connectivity index (χ3v) is 5.24. The molecule has 2 N–H and O–H groups in total. The lowest BCUT2D eigenvalue weighted by atomic mass is 10.00. The number of rotatable bonds is 6. The topological polar surface area (TPSA) is 74.3 Å². The van der Waals surface area contributed by atoms with Gasteiger partial charge in [-0.1, -0.05) is 6.92 Å². The molecule has 0 radical (unpaired) electrons. The third-order valence-electron chi connectivity index (χ3n) is 3.75. The fraction of sp³-hybridized carbons (Fsp3) is 0.643. The number of anilines is 1. The third kappa shape index (κ3) is 4.39. The molecular weight excluding hydrogens is 288 g/mol. The van der Waals surface area contributed by atoms with E-state index in [1.807, 2.05) is 0 Å². The molecule has 1 saturated heterocycles. The van der Waals surface area contributed by atoms with Crippen LogP contribution >= 0.6 is 0 Å². The first-order valence-electron chi connectivity index (χ1n) is 7.43. The molecule has 1 aromatic rings. The van der Waals surface area contributed by atoms with Crippen LogP contribution in [-0.4, -0.2) is 43.9 Å². The van der Waals surface area contributed by atoms with E-state index in [0.717, 1.165) is 25.9 Å². The van der Waals surface area contributed by atoms with Crippen molar-refractivity contribution in [2.45, 2.75) is 26.7 Å². The zero-order valence-electron chi connectivity index (χ0n) is 12.7. The van der Waals surface area contributed by atoms with Crippen molar-refractivity contribution in [3.8, 4) is 0 Å². The van der Waals surface area contributed by atoms with Crippen molar-refractivity contribution in [1.29, 1.82) is 0 Å². The second kappa shape index (κ2) is 7.20. The molecule has 0 amide bonds. The maximum atomic E-state index is 12.5. The molecule has 6 nitrogen and oxygen atoms in total. The Morgan fingerprint density at radius 2 is 2.29 bits per heavy atom. The van der Waals surface area contributed by atoms with E-state index in [4.69, 9.17) is 0 Å². The highest BCUT2D eigenvalue weighted by Gasteiger charge is 2.28. The number of aromatic nitrogens is 1. The normalized spacial score (nSPS) is 20.4. The Bertz CT molecular complexity index is 562. The molecule has 0 aliphatic carbocycles. The smallest absolute Gasteiger partial charge is 0.301 e. The number of nitrogens with zero attached hydrogens (tertiary/aromatic N) is 2. The van der Waals surface area contributed by atoms with Crippen molar-refractivity contribution in [2.24, 2.45) is 5.92 Å². The number of nitrogens with one attached hydrogen (secondary N) is 2. The van der Waals surface area contributed by atoms with Crippen LogP contribution in [0.2, 0.25) is 0 Å². The largest absolute Gasteiger partial charge is 0.317 e. The van der Waals surface area contributed by atoms with Crippen molar-refractivity contribution < 1.29 is 8.42 Å². The van der Waals surface area contributed by atoms with E-state index in [0.29, 0.717) is 30.4 Å². The second-order valence-electron chi connectivity index (χ2n) is 5.42. The first-order valence-corrected chi connectivity index (χ1v) is 8.87. The Morgan fingerprint density at radius 1 is 1.48 bits per heavy atom. The summed E-state index contributed by atoms with van der Waals surface area (Å²) in [4.78, 5) is 4.11. The zero-order valence-corrected chi connectivity index (χ0v) is 13.5. The molecule has 2 heterocycles. The highest BCUT2D eigenvalue weighted by Crippen LogP contribution is 2.21. The van der Waals surface area contributed by atoms with Gasteiger partial charge in [0.05, 0.1) is 11.4 Å². The minimum Gasteiger partial charge on any atom is -0.317 e. The van der Waals surface area contributed by atoms with E-state index >= 15 is 0 Å². The quantitative estimate of drug-likeness (QED) is 0.832. The number of hydrogen-bond donors (Lipinski definition) is 2. The van der Waals surface area contributed by atoms with Crippen LogP contribution in [0.4, 0.5) is 5.69 Å². The van der Waals surface area contributed by atoms with Crippen LogP contribution in [-0.2, 0) is 10.2 Å². The molecule has 118 valence electrons. The van der Waals surface area contributed by atoms with Gasteiger partial charge in [0.25, 0.3) is 0 Å². The molecule has 21 heavy (non-hydrogen) atoms. The van der Waals surface area contributed by atoms with E-state index in [-0.39, 0.29) is 0 Å². The monoisotopic (exact) mass is 312 g/mol. The van der Waals surface area contributed by atoms with Crippen LogP contribution in [0.1, 0.15) is 25.5 Å². The van der Waals surface area contributed by atoms with Gasteiger partial charge in [0.2, 0.25) is 0 Å². The first kappa shape index (κ1) is 16.2. The molecule has 2 rings (SSSR count). The van der Waals surface area contributed by atoms with Gasteiger partial charge in [-0.15, -0.1) is 0 Å². The first-order chi connectivity index (χ1) is 10.0. The summed E-state index contributed by atoms with van der Waals surface area (Å²) in [6.45, 7) is 6.79. The van der Waals surface area contributed by atoms with Crippen molar-refractivity contribution in [3.05, 3.63) is 24.0 Å². The zero-order chi connectivity index (χ0) is 15.3. The molecule has 1 fully saturated rings. The van der Waals surface area contributed by atoms with Crippen LogP contribution in [0.15, 0.2) is 18.3 Å². The van der Waals surface area contributed by atoms with E-state index in [1.54, 1.807) is 29.6 Å². The molecule has 1 unspecified atom stereocenters. The number of piperidine rings is 1. The molecule has 0 aromatic carbocycles. The Labute approximate surface area is 127 Å². The summed E-state index contributed by atoms with van der Waals surface area (Å²) in [6, 6.07) is 3.47. The Hall–Kier alpha value is -1.18. The minimum atomic E-state index is -3.50. The van der Waals surface area contributed by atoms with Crippen molar-refractivity contribution in [3.63, 3.8) is 0 Å². The van der Waals surface area contributed by atoms with Crippen LogP contribution < -0.4 is 10.0 Å². The van der Waals surface area contributed by atoms with E-state index < -0.39 is 10.2 Å². The van der Waals surface area contributed by atoms with Crippen LogP contribution in [0.3, 0.4) is 0 Å². The fourth-order valence-electron chi connectivity index (χ4n) is 2.56. The Balaban J connectivity index is 2.03. The lowest BCUT2D eigenvalue weighted by molar-refractivity contribution is 0.262. The molecule has 0 saturated carbocycles. The molecule has 0 bridgehead atoms. The van der Waals surface area contributed by atoms with Gasteiger partial charge in [0.1, 0.15) is 0 Å². The fourth-order valence-corrected chi connectivity index (χ4v) is 3.96. The van der Waals surface area contributed by atoms with Crippen LogP contribution in [0, 0.1) is 12.8 Å². The van der Waals surface area contributed by atoms with Crippen molar-refractivity contribution in [1.82, 2.24) is 14.6 Å². The lowest BCUT2D eigenvalue weighted by Gasteiger charge is -2.32. The summed E-state index contributed by atoms with van der Waals surface area (Å²) >= 11 is 0. The number of aryl methyl sites for hydroxylation is 1. The predicted octanol–water partition coefficient (Wildman–Crippen LogP) is 1.37. The second-order valence-corrected chi connectivity index (χ2v) is 7.09. The standard InChI is InChI=1S/C14H24N4O2S/c1-3-15-10-13-6-5-9-18(11-13)21(19,20)17-14-7-4-8-16-12(14)2/h4,7-8,13,15,17H,3,5-6,9-11H2,1-2H3. The summed E-state index contributed by atoms with van der Waals surface area (Å²) in [5, 5.41) is 3.30. The molecule has 1 aliphatic heterocycles. The number of pyridine rings is 1. The molecule has 1 atom stereocenters. The predicted molar refractivity (Wildman–Crippen MR) is 84.4 cm³/mol. The summed E-state index contributed by atoms with van der Waals surface area (Å²) in [6.07, 6.45) is 3.63. The molecule has 1 aromatic heterocycles. The van der Waals surface area contributed by atoms with Gasteiger partial charge in [0, 0.05) is 19.3 Å². The average molecular weight is 312 g/mol. The van der Waals surface area contributed by atoms with Crippen molar-refractivity contribution in [2.75, 3.05) is 30.9 Å². The van der Waals surface area contributed by atoms with Crippen molar-refractivity contribution >= 4 is 15.9 Å². The van der Waals surface area contributed by atoms with Gasteiger partial charge in [0.15, 0.2) is 0 Å². The molecular formula is C14H24N4O2S. The average Bonchev–Trinajstić information content (AvgIpc) is 2.48. The van der Waals surface area contributed by atoms with Gasteiger partial charge in [-0.3, -0.25) is 9.71 Å². The molecule has 7 heteroatoms. The van der Waals surface area contributed by atoms with Crippen LogP contribution in [0.25, 0.3) is 0 Å². The Kier molecular flexibility index (Phi) is 5.55. The van der Waals surface area contributed by atoms with Gasteiger partial charge in [-0.05, 0) is 50.9 Å². The summed E-state index contributed by atoms with van der Waals surface area (Å²) in [7, 11) is -3.50. The SMILES string of the molecule is CCNCC1CCCN(S(=O)(=O)Nc2cccnc2C)C1. The van der Waals surface area contributed by atoms with E-state index in [1.165, 1.54) is 0 Å². The molecule has 0 spiro atoms. The minimum absolute atomic E-state index is 0.380. The highest BCUT2D eigenvalue weighted by atomic mass is 32.2.